The van der Waals surface area contributed by atoms with Crippen molar-refractivity contribution >= 4 is 5.91 Å². The van der Waals surface area contributed by atoms with E-state index in [9.17, 15) is 4.79 Å². The van der Waals surface area contributed by atoms with Gasteiger partial charge in [0.25, 0.3) is 11.8 Å². The number of ether oxygens (including phenoxy) is 1. The van der Waals surface area contributed by atoms with Crippen LogP contribution in [0.3, 0.4) is 0 Å². The Morgan fingerprint density at radius 2 is 2.12 bits per heavy atom. The summed E-state index contributed by atoms with van der Waals surface area (Å²) >= 11 is 0. The van der Waals surface area contributed by atoms with E-state index in [-0.39, 0.29) is 12.5 Å². The molecule has 0 saturated heterocycles. The Kier molecular flexibility index (Phi) is 5.43. The third kappa shape index (κ3) is 4.16. The minimum atomic E-state index is -0.228. The fourth-order valence-corrected chi connectivity index (χ4v) is 2.39. The Hall–Kier alpha value is -3.41. The maximum atomic E-state index is 11.7. The van der Waals surface area contributed by atoms with Crippen molar-refractivity contribution in [3.05, 3.63) is 66.7 Å². The van der Waals surface area contributed by atoms with Crippen molar-refractivity contribution in [2.45, 2.75) is 6.92 Å². The molecule has 132 valence electrons. The Morgan fingerprint density at radius 3 is 2.92 bits per heavy atom. The topological polar surface area (TPSA) is 77.2 Å². The summed E-state index contributed by atoms with van der Waals surface area (Å²) in [4.78, 5) is 16.2. The zero-order valence-corrected chi connectivity index (χ0v) is 14.4. The highest BCUT2D eigenvalue weighted by atomic mass is 16.5. The van der Waals surface area contributed by atoms with Crippen LogP contribution in [0.15, 0.2) is 65.7 Å². The lowest BCUT2D eigenvalue weighted by Gasteiger charge is -2.08. The molecule has 0 aliphatic heterocycles. The molecule has 26 heavy (non-hydrogen) atoms. The average molecular weight is 349 g/mol. The summed E-state index contributed by atoms with van der Waals surface area (Å²) in [5.41, 5.74) is 2.62. The molecule has 1 amide bonds. The molecule has 3 aromatic rings. The number of benzene rings is 2. The van der Waals surface area contributed by atoms with Crippen LogP contribution in [0, 0.1) is 6.92 Å². The smallest absolute Gasteiger partial charge is 0.258 e. The van der Waals surface area contributed by atoms with Crippen LogP contribution in [0.1, 0.15) is 5.56 Å². The summed E-state index contributed by atoms with van der Waals surface area (Å²) in [6, 6.07) is 15.1. The normalized spacial score (nSPS) is 10.3. The molecule has 3 rings (SSSR count). The van der Waals surface area contributed by atoms with Crippen molar-refractivity contribution in [3.63, 3.8) is 0 Å². The molecule has 6 nitrogen and oxygen atoms in total. The molecule has 2 aromatic carbocycles. The molecule has 0 saturated carbocycles. The number of aryl methyl sites for hydroxylation is 1. The monoisotopic (exact) mass is 349 g/mol. The van der Waals surface area contributed by atoms with Crippen molar-refractivity contribution in [2.75, 3.05) is 13.2 Å². The lowest BCUT2D eigenvalue weighted by molar-refractivity contribution is -0.122. The van der Waals surface area contributed by atoms with E-state index in [1.54, 1.807) is 12.1 Å². The summed E-state index contributed by atoms with van der Waals surface area (Å²) in [7, 11) is 0. The van der Waals surface area contributed by atoms with Crippen molar-refractivity contribution in [1.29, 1.82) is 0 Å². The fraction of sp³-hybridized carbons (Fsp3) is 0.150. The van der Waals surface area contributed by atoms with E-state index < -0.39 is 0 Å². The van der Waals surface area contributed by atoms with Gasteiger partial charge in [0.2, 0.25) is 5.82 Å². The van der Waals surface area contributed by atoms with Crippen molar-refractivity contribution in [1.82, 2.24) is 15.5 Å². The molecule has 0 unspecified atom stereocenters. The molecule has 0 fully saturated rings. The summed E-state index contributed by atoms with van der Waals surface area (Å²) in [5.74, 6) is 1.12. The Bertz CT molecular complexity index is 918. The number of hydrogen-bond acceptors (Lipinski definition) is 5. The molecule has 0 radical (unpaired) electrons. The van der Waals surface area contributed by atoms with Gasteiger partial charge in [0.15, 0.2) is 6.61 Å². The molecule has 0 aliphatic carbocycles. The molecule has 1 aromatic heterocycles. The highest BCUT2D eigenvalue weighted by Gasteiger charge is 2.15. The Morgan fingerprint density at radius 1 is 1.27 bits per heavy atom. The molecular formula is C20H19N3O3. The van der Waals surface area contributed by atoms with Gasteiger partial charge in [-0.2, -0.15) is 4.98 Å². The van der Waals surface area contributed by atoms with Gasteiger partial charge in [-0.1, -0.05) is 41.1 Å². The first-order chi connectivity index (χ1) is 12.7. The third-order valence-corrected chi connectivity index (χ3v) is 3.62. The van der Waals surface area contributed by atoms with E-state index >= 15 is 0 Å². The van der Waals surface area contributed by atoms with Crippen LogP contribution in [0.4, 0.5) is 0 Å². The maximum Gasteiger partial charge on any atom is 0.258 e. The zero-order valence-electron chi connectivity index (χ0n) is 14.4. The van der Waals surface area contributed by atoms with Crippen molar-refractivity contribution < 1.29 is 14.1 Å². The van der Waals surface area contributed by atoms with Gasteiger partial charge in [-0.05, 0) is 31.2 Å². The number of rotatable bonds is 7. The van der Waals surface area contributed by atoms with Crippen molar-refractivity contribution in [2.24, 2.45) is 0 Å². The molecule has 0 aliphatic rings. The average Bonchev–Trinajstić information content (AvgIpc) is 3.15. The van der Waals surface area contributed by atoms with Crippen LogP contribution in [0.25, 0.3) is 22.8 Å². The van der Waals surface area contributed by atoms with E-state index in [4.69, 9.17) is 9.26 Å². The lowest BCUT2D eigenvalue weighted by Crippen LogP contribution is -2.28. The minimum absolute atomic E-state index is 0.104. The Balaban J connectivity index is 1.80. The van der Waals surface area contributed by atoms with E-state index in [0.29, 0.717) is 29.6 Å². The molecule has 0 atom stereocenters. The van der Waals surface area contributed by atoms with E-state index in [2.05, 4.69) is 22.0 Å². The van der Waals surface area contributed by atoms with Gasteiger partial charge >= 0.3 is 0 Å². The van der Waals surface area contributed by atoms with Crippen LogP contribution in [0.5, 0.6) is 5.75 Å². The highest BCUT2D eigenvalue weighted by molar-refractivity contribution is 5.78. The van der Waals surface area contributed by atoms with Gasteiger partial charge in [-0.25, -0.2) is 0 Å². The molecule has 1 heterocycles. The number of para-hydroxylation sites is 1. The van der Waals surface area contributed by atoms with E-state index in [1.807, 2.05) is 49.4 Å². The fourth-order valence-electron chi connectivity index (χ4n) is 2.39. The predicted molar refractivity (Wildman–Crippen MR) is 98.6 cm³/mol. The predicted octanol–water partition coefficient (Wildman–Crippen LogP) is 3.39. The third-order valence-electron chi connectivity index (χ3n) is 3.62. The summed E-state index contributed by atoms with van der Waals surface area (Å²) < 4.78 is 11.0. The van der Waals surface area contributed by atoms with Crippen LogP contribution in [0.2, 0.25) is 0 Å². The largest absolute Gasteiger partial charge is 0.483 e. The van der Waals surface area contributed by atoms with Crippen LogP contribution in [-0.2, 0) is 4.79 Å². The maximum absolute atomic E-state index is 11.7. The highest BCUT2D eigenvalue weighted by Crippen LogP contribution is 2.29. The minimum Gasteiger partial charge on any atom is -0.483 e. The van der Waals surface area contributed by atoms with Gasteiger partial charge < -0.3 is 14.6 Å². The molecule has 0 spiro atoms. The number of carbonyl (C=O) groups is 1. The van der Waals surface area contributed by atoms with Crippen LogP contribution >= 0.6 is 0 Å². The number of nitrogens with one attached hydrogen (secondary N) is 1. The van der Waals surface area contributed by atoms with Gasteiger partial charge in [0.05, 0.1) is 5.56 Å². The van der Waals surface area contributed by atoms with Gasteiger partial charge in [-0.15, -0.1) is 6.58 Å². The number of amides is 1. The molecule has 1 N–H and O–H groups in total. The Labute approximate surface area is 151 Å². The lowest BCUT2D eigenvalue weighted by atomic mass is 10.1. The molecule has 6 heteroatoms. The van der Waals surface area contributed by atoms with Gasteiger partial charge in [0, 0.05) is 12.1 Å². The summed E-state index contributed by atoms with van der Waals surface area (Å²) in [5, 5.41) is 6.71. The number of aromatic nitrogens is 2. The number of hydrogen-bond donors (Lipinski definition) is 1. The number of carbonyl (C=O) groups excluding carboxylic acids is 1. The summed E-state index contributed by atoms with van der Waals surface area (Å²) in [6.45, 7) is 5.85. The second-order valence-electron chi connectivity index (χ2n) is 5.67. The van der Waals surface area contributed by atoms with Gasteiger partial charge in [-0.3, -0.25) is 4.79 Å². The zero-order chi connectivity index (χ0) is 18.4. The SMILES string of the molecule is C=CCNC(=O)COc1ccccc1-c1noc(-c2cccc(C)c2)n1. The molecular weight excluding hydrogens is 330 g/mol. The quantitative estimate of drug-likeness (QED) is 0.662. The second kappa shape index (κ2) is 8.11. The first kappa shape index (κ1) is 17.4. The van der Waals surface area contributed by atoms with Crippen molar-refractivity contribution in [3.8, 4) is 28.6 Å². The second-order valence-corrected chi connectivity index (χ2v) is 5.67. The van der Waals surface area contributed by atoms with E-state index in [0.717, 1.165) is 11.1 Å². The first-order valence-corrected chi connectivity index (χ1v) is 8.18. The van der Waals surface area contributed by atoms with E-state index in [1.165, 1.54) is 0 Å². The standard InChI is InChI=1S/C20H19N3O3/c1-3-11-21-18(24)13-25-17-10-5-4-9-16(17)19-22-20(26-23-19)15-8-6-7-14(2)12-15/h3-10,12H,1,11,13H2,2H3,(H,21,24). The molecule has 0 bridgehead atoms. The van der Waals surface area contributed by atoms with Crippen LogP contribution < -0.4 is 10.1 Å². The number of nitrogens with zero attached hydrogens (tertiary/aromatic N) is 2. The van der Waals surface area contributed by atoms with Gasteiger partial charge in [0.1, 0.15) is 5.75 Å². The first-order valence-electron chi connectivity index (χ1n) is 8.18. The summed E-state index contributed by atoms with van der Waals surface area (Å²) in [6.07, 6.45) is 1.61. The van der Waals surface area contributed by atoms with Crippen LogP contribution in [-0.4, -0.2) is 29.2 Å².